The molecule has 1 aromatic carbocycles. The van der Waals surface area contributed by atoms with E-state index in [0.717, 1.165) is 31.7 Å². The van der Waals surface area contributed by atoms with Crippen LogP contribution in [0.15, 0.2) is 24.3 Å². The minimum absolute atomic E-state index is 0.00572. The smallest absolute Gasteiger partial charge is 0.253 e. The first-order valence-electron chi connectivity index (χ1n) is 8.29. The van der Waals surface area contributed by atoms with Crippen LogP contribution in [-0.4, -0.2) is 38.6 Å². The molecule has 2 aliphatic rings. The molecule has 1 N–H and O–H groups in total. The van der Waals surface area contributed by atoms with E-state index in [1.165, 1.54) is 25.7 Å². The molecule has 0 bridgehead atoms. The predicted octanol–water partition coefficient (Wildman–Crippen LogP) is 2.71. The van der Waals surface area contributed by atoms with Crippen LogP contribution in [0, 0.1) is 11.8 Å². The number of piperidine rings is 1. The maximum absolute atomic E-state index is 12.7. The van der Waals surface area contributed by atoms with Gasteiger partial charge in [-0.2, -0.15) is 0 Å². The Morgan fingerprint density at radius 1 is 1.17 bits per heavy atom. The van der Waals surface area contributed by atoms with Gasteiger partial charge in [0.15, 0.2) is 0 Å². The minimum atomic E-state index is -3.34. The zero-order valence-corrected chi connectivity index (χ0v) is 14.3. The van der Waals surface area contributed by atoms with Gasteiger partial charge < -0.3 is 4.90 Å². The summed E-state index contributed by atoms with van der Waals surface area (Å²) in [6.45, 7) is 1.65. The highest BCUT2D eigenvalue weighted by molar-refractivity contribution is 7.92. The Kier molecular flexibility index (Phi) is 4.62. The van der Waals surface area contributed by atoms with Crippen molar-refractivity contribution in [2.24, 2.45) is 11.8 Å². The summed E-state index contributed by atoms with van der Waals surface area (Å²) in [5.74, 6) is 1.43. The molecular formula is C17H24N2O3S. The highest BCUT2D eigenvalue weighted by atomic mass is 32.2. The van der Waals surface area contributed by atoms with Crippen molar-refractivity contribution in [2.45, 2.75) is 32.1 Å². The minimum Gasteiger partial charge on any atom is -0.338 e. The number of nitrogens with zero attached hydrogens (tertiary/aromatic N) is 1. The fourth-order valence-corrected chi connectivity index (χ4v) is 4.45. The van der Waals surface area contributed by atoms with E-state index in [0.29, 0.717) is 17.2 Å². The monoisotopic (exact) mass is 336 g/mol. The number of hydrogen-bond acceptors (Lipinski definition) is 3. The van der Waals surface area contributed by atoms with Crippen molar-refractivity contribution in [3.8, 4) is 0 Å². The molecule has 23 heavy (non-hydrogen) atoms. The van der Waals surface area contributed by atoms with Crippen LogP contribution in [0.1, 0.15) is 42.5 Å². The molecule has 3 rings (SSSR count). The van der Waals surface area contributed by atoms with Crippen LogP contribution < -0.4 is 4.72 Å². The van der Waals surface area contributed by atoms with Crippen molar-refractivity contribution in [3.05, 3.63) is 29.8 Å². The zero-order valence-electron chi connectivity index (χ0n) is 13.5. The molecule has 126 valence electrons. The molecule has 2 fully saturated rings. The third-order valence-electron chi connectivity index (χ3n) is 4.99. The van der Waals surface area contributed by atoms with Crippen LogP contribution in [0.4, 0.5) is 5.69 Å². The number of sulfonamides is 1. The number of carbonyl (C=O) groups excluding carboxylic acids is 1. The predicted molar refractivity (Wildman–Crippen MR) is 90.9 cm³/mol. The van der Waals surface area contributed by atoms with Gasteiger partial charge in [-0.3, -0.25) is 9.52 Å². The maximum Gasteiger partial charge on any atom is 0.253 e. The molecule has 0 aromatic heterocycles. The lowest BCUT2D eigenvalue weighted by atomic mass is 9.75. The molecule has 1 saturated heterocycles. The van der Waals surface area contributed by atoms with Crippen molar-refractivity contribution < 1.29 is 13.2 Å². The van der Waals surface area contributed by atoms with Gasteiger partial charge >= 0.3 is 0 Å². The first-order chi connectivity index (χ1) is 10.9. The topological polar surface area (TPSA) is 66.5 Å². The van der Waals surface area contributed by atoms with E-state index >= 15 is 0 Å². The fraction of sp³-hybridized carbons (Fsp3) is 0.588. The number of likely N-dealkylation sites (tertiary alicyclic amines) is 1. The quantitative estimate of drug-likeness (QED) is 0.923. The standard InChI is InChI=1S/C17H24N2O3S/c1-23(21,22)18-16-8-4-7-14(11-16)17(20)19-10-9-13-5-2-3-6-15(13)12-19/h4,7-8,11,13,15,18H,2-3,5-6,9-10,12H2,1H3/t13-,15-/m0/s1. The van der Waals surface area contributed by atoms with Gasteiger partial charge in [-0.15, -0.1) is 0 Å². The summed E-state index contributed by atoms with van der Waals surface area (Å²) in [5.41, 5.74) is 0.985. The van der Waals surface area contributed by atoms with E-state index in [4.69, 9.17) is 0 Å². The molecule has 5 nitrogen and oxygen atoms in total. The van der Waals surface area contributed by atoms with Crippen LogP contribution >= 0.6 is 0 Å². The molecule has 1 aromatic rings. The molecule has 1 aliphatic carbocycles. The molecule has 2 atom stereocenters. The number of fused-ring (bicyclic) bond motifs is 1. The second-order valence-electron chi connectivity index (χ2n) is 6.80. The van der Waals surface area contributed by atoms with Gasteiger partial charge in [0.05, 0.1) is 6.26 Å². The normalized spacial score (nSPS) is 24.8. The van der Waals surface area contributed by atoms with Gasteiger partial charge in [0.1, 0.15) is 0 Å². The first kappa shape index (κ1) is 16.3. The lowest BCUT2D eigenvalue weighted by Gasteiger charge is -2.41. The van der Waals surface area contributed by atoms with Crippen LogP contribution in [-0.2, 0) is 10.0 Å². The van der Waals surface area contributed by atoms with Crippen molar-refractivity contribution in [1.82, 2.24) is 4.90 Å². The van der Waals surface area contributed by atoms with Crippen LogP contribution in [0.25, 0.3) is 0 Å². The van der Waals surface area contributed by atoms with Gasteiger partial charge in [-0.25, -0.2) is 8.42 Å². The molecule has 1 aliphatic heterocycles. The largest absolute Gasteiger partial charge is 0.338 e. The molecule has 6 heteroatoms. The fourth-order valence-electron chi connectivity index (χ4n) is 3.90. The number of benzene rings is 1. The number of hydrogen-bond donors (Lipinski definition) is 1. The van der Waals surface area contributed by atoms with Gasteiger partial charge in [-0.1, -0.05) is 25.3 Å². The summed E-state index contributed by atoms with van der Waals surface area (Å²) < 4.78 is 25.1. The van der Waals surface area contributed by atoms with Crippen molar-refractivity contribution >= 4 is 21.6 Å². The Morgan fingerprint density at radius 3 is 2.65 bits per heavy atom. The molecule has 1 heterocycles. The lowest BCUT2D eigenvalue weighted by Crippen LogP contribution is -2.44. The Bertz CT molecular complexity index is 687. The summed E-state index contributed by atoms with van der Waals surface area (Å²) in [4.78, 5) is 14.7. The zero-order chi connectivity index (χ0) is 16.4. The first-order valence-corrected chi connectivity index (χ1v) is 10.2. The van der Waals surface area contributed by atoms with Gasteiger partial charge in [0.25, 0.3) is 5.91 Å². The van der Waals surface area contributed by atoms with E-state index < -0.39 is 10.0 Å². The summed E-state index contributed by atoms with van der Waals surface area (Å²) >= 11 is 0. The Balaban J connectivity index is 1.71. The Morgan fingerprint density at radius 2 is 1.91 bits per heavy atom. The number of rotatable bonds is 3. The Labute approximate surface area is 138 Å². The summed E-state index contributed by atoms with van der Waals surface area (Å²) in [7, 11) is -3.34. The third kappa shape index (κ3) is 4.05. The molecule has 1 saturated carbocycles. The number of nitrogens with one attached hydrogen (secondary N) is 1. The third-order valence-corrected chi connectivity index (χ3v) is 5.60. The van der Waals surface area contributed by atoms with Crippen molar-refractivity contribution in [1.29, 1.82) is 0 Å². The maximum atomic E-state index is 12.7. The average molecular weight is 336 g/mol. The second kappa shape index (κ2) is 6.51. The summed E-state index contributed by atoms with van der Waals surface area (Å²) in [6, 6.07) is 6.75. The van der Waals surface area contributed by atoms with Gasteiger partial charge in [0, 0.05) is 24.3 Å². The Hall–Kier alpha value is -1.56. The molecule has 0 unspecified atom stereocenters. The molecule has 1 amide bonds. The summed E-state index contributed by atoms with van der Waals surface area (Å²) in [6.07, 6.45) is 7.34. The van der Waals surface area contributed by atoms with Gasteiger partial charge in [-0.05, 0) is 42.9 Å². The molecule has 0 radical (unpaired) electrons. The van der Waals surface area contributed by atoms with E-state index in [2.05, 4.69) is 4.72 Å². The van der Waals surface area contributed by atoms with Crippen molar-refractivity contribution in [2.75, 3.05) is 24.1 Å². The highest BCUT2D eigenvalue weighted by Gasteiger charge is 2.33. The second-order valence-corrected chi connectivity index (χ2v) is 8.55. The van der Waals surface area contributed by atoms with E-state index in [-0.39, 0.29) is 5.91 Å². The number of anilines is 1. The average Bonchev–Trinajstić information content (AvgIpc) is 2.52. The summed E-state index contributed by atoms with van der Waals surface area (Å²) in [5, 5.41) is 0. The van der Waals surface area contributed by atoms with Crippen LogP contribution in [0.5, 0.6) is 0 Å². The van der Waals surface area contributed by atoms with Crippen molar-refractivity contribution in [3.63, 3.8) is 0 Å². The number of amides is 1. The molecule has 0 spiro atoms. The van der Waals surface area contributed by atoms with Gasteiger partial charge in [0.2, 0.25) is 10.0 Å². The highest BCUT2D eigenvalue weighted by Crippen LogP contribution is 2.36. The van der Waals surface area contributed by atoms with Crippen LogP contribution in [0.3, 0.4) is 0 Å². The van der Waals surface area contributed by atoms with E-state index in [1.807, 2.05) is 4.90 Å². The molecular weight excluding hydrogens is 312 g/mol. The number of carbonyl (C=O) groups is 1. The van der Waals surface area contributed by atoms with Crippen LogP contribution in [0.2, 0.25) is 0 Å². The lowest BCUT2D eigenvalue weighted by molar-refractivity contribution is 0.0521. The van der Waals surface area contributed by atoms with E-state index in [9.17, 15) is 13.2 Å². The SMILES string of the molecule is CS(=O)(=O)Nc1cccc(C(=O)N2CC[C@@H]3CCCC[C@H]3C2)c1. The van der Waals surface area contributed by atoms with E-state index in [1.54, 1.807) is 24.3 Å².